The third kappa shape index (κ3) is 4.24. The molecule has 1 N–H and O–H groups in total. The van der Waals surface area contributed by atoms with Gasteiger partial charge in [-0.25, -0.2) is 22.2 Å². The number of nitrogens with one attached hydrogen (secondary N) is 1. The minimum Gasteiger partial charge on any atom is -0.353 e. The van der Waals surface area contributed by atoms with Crippen molar-refractivity contribution in [1.29, 1.82) is 0 Å². The molecule has 1 aliphatic heterocycles. The fraction of sp³-hybridized carbons (Fsp3) is 0.333. The number of halogens is 2. The summed E-state index contributed by atoms with van der Waals surface area (Å²) >= 11 is 0. The van der Waals surface area contributed by atoms with Gasteiger partial charge in [-0.05, 0) is 37.6 Å². The monoisotopic (exact) mass is 395 g/mol. The number of hydrogen-bond donors (Lipinski definition) is 1. The lowest BCUT2D eigenvalue weighted by atomic mass is 10.2. The van der Waals surface area contributed by atoms with Gasteiger partial charge < -0.3 is 10.2 Å². The first-order chi connectivity index (χ1) is 12.8. The van der Waals surface area contributed by atoms with Gasteiger partial charge in [0.05, 0.1) is 17.1 Å². The zero-order valence-corrected chi connectivity index (χ0v) is 15.5. The number of para-hydroxylation sites is 1. The summed E-state index contributed by atoms with van der Waals surface area (Å²) in [6.07, 6.45) is 1.84. The summed E-state index contributed by atoms with van der Waals surface area (Å²) in [4.78, 5) is 18.3. The number of amides is 1. The van der Waals surface area contributed by atoms with Crippen LogP contribution < -0.4 is 10.2 Å². The number of aromatic nitrogens is 1. The minimum atomic E-state index is -3.03. The first kappa shape index (κ1) is 19.2. The van der Waals surface area contributed by atoms with Gasteiger partial charge in [0.15, 0.2) is 9.84 Å². The molecule has 0 spiro atoms. The smallest absolute Gasteiger partial charge is 0.257 e. The van der Waals surface area contributed by atoms with Crippen molar-refractivity contribution < 1.29 is 22.0 Å². The fourth-order valence-corrected chi connectivity index (χ4v) is 4.85. The van der Waals surface area contributed by atoms with Crippen LogP contribution in [0.2, 0.25) is 0 Å². The Balaban J connectivity index is 1.75. The van der Waals surface area contributed by atoms with Crippen LogP contribution in [0.3, 0.4) is 0 Å². The van der Waals surface area contributed by atoms with Crippen LogP contribution >= 0.6 is 0 Å². The highest BCUT2D eigenvalue weighted by molar-refractivity contribution is 7.91. The Morgan fingerprint density at radius 1 is 1.26 bits per heavy atom. The number of hydrogen-bond acceptors (Lipinski definition) is 5. The third-order valence-corrected chi connectivity index (χ3v) is 6.25. The molecular weight excluding hydrogens is 376 g/mol. The summed E-state index contributed by atoms with van der Waals surface area (Å²) in [7, 11) is -3.03. The van der Waals surface area contributed by atoms with Crippen LogP contribution in [0.15, 0.2) is 36.5 Å². The van der Waals surface area contributed by atoms with Gasteiger partial charge in [0, 0.05) is 18.8 Å². The average molecular weight is 395 g/mol. The molecule has 2 heterocycles. The van der Waals surface area contributed by atoms with Crippen molar-refractivity contribution in [2.24, 2.45) is 0 Å². The van der Waals surface area contributed by atoms with E-state index < -0.39 is 33.1 Å². The predicted octanol–water partition coefficient (Wildman–Crippen LogP) is 2.63. The van der Waals surface area contributed by atoms with Crippen molar-refractivity contribution in [3.05, 3.63) is 53.7 Å². The van der Waals surface area contributed by atoms with Crippen LogP contribution in [-0.2, 0) is 9.84 Å². The number of benzene rings is 1. The Kier molecular flexibility index (Phi) is 5.41. The zero-order chi connectivity index (χ0) is 19.6. The lowest BCUT2D eigenvalue weighted by Crippen LogP contribution is -2.36. The van der Waals surface area contributed by atoms with Crippen molar-refractivity contribution in [3.8, 4) is 0 Å². The van der Waals surface area contributed by atoms with Gasteiger partial charge in [0.2, 0.25) is 0 Å². The standard InChI is InChI=1S/C18H19F2N3O3S/c1-2-23(13-8-9-27(25,26)11-13)16-7-6-12(10-21-16)18(24)22-17-14(19)4-3-5-15(17)20/h3-7,10,13H,2,8-9,11H2,1H3,(H,22,24). The summed E-state index contributed by atoms with van der Waals surface area (Å²) in [5.41, 5.74) is -0.380. The van der Waals surface area contributed by atoms with Crippen molar-refractivity contribution in [3.63, 3.8) is 0 Å². The van der Waals surface area contributed by atoms with Crippen molar-refractivity contribution in [1.82, 2.24) is 4.98 Å². The molecule has 1 unspecified atom stereocenters. The van der Waals surface area contributed by atoms with Gasteiger partial charge in [0.25, 0.3) is 5.91 Å². The molecule has 3 rings (SSSR count). The van der Waals surface area contributed by atoms with Crippen molar-refractivity contribution in [2.45, 2.75) is 19.4 Å². The molecular formula is C18H19F2N3O3S. The summed E-state index contributed by atoms with van der Waals surface area (Å²) in [5.74, 6) is -1.64. The van der Waals surface area contributed by atoms with E-state index in [1.54, 1.807) is 6.07 Å². The van der Waals surface area contributed by atoms with Gasteiger partial charge in [0.1, 0.15) is 23.1 Å². The lowest BCUT2D eigenvalue weighted by molar-refractivity contribution is 0.102. The molecule has 144 valence electrons. The first-order valence-electron chi connectivity index (χ1n) is 8.49. The molecule has 0 saturated carbocycles. The van der Waals surface area contributed by atoms with Crippen LogP contribution in [0.1, 0.15) is 23.7 Å². The van der Waals surface area contributed by atoms with E-state index in [1.807, 2.05) is 11.8 Å². The highest BCUT2D eigenvalue weighted by Crippen LogP contribution is 2.23. The molecule has 1 aromatic carbocycles. The maximum atomic E-state index is 13.7. The molecule has 27 heavy (non-hydrogen) atoms. The molecule has 0 bridgehead atoms. The van der Waals surface area contributed by atoms with E-state index in [1.165, 1.54) is 18.3 Å². The van der Waals surface area contributed by atoms with Crippen LogP contribution in [0, 0.1) is 11.6 Å². The maximum Gasteiger partial charge on any atom is 0.257 e. The molecule has 9 heteroatoms. The summed E-state index contributed by atoms with van der Waals surface area (Å²) in [5, 5.41) is 2.20. The molecule has 1 atom stereocenters. The first-order valence-corrected chi connectivity index (χ1v) is 10.3. The molecule has 2 aromatic rings. The van der Waals surface area contributed by atoms with E-state index in [9.17, 15) is 22.0 Å². The van der Waals surface area contributed by atoms with Gasteiger partial charge >= 0.3 is 0 Å². The topological polar surface area (TPSA) is 79.4 Å². The molecule has 0 aliphatic carbocycles. The highest BCUT2D eigenvalue weighted by atomic mass is 32.2. The van der Waals surface area contributed by atoms with Gasteiger partial charge in [-0.15, -0.1) is 0 Å². The maximum absolute atomic E-state index is 13.7. The Bertz CT molecular complexity index is 929. The summed E-state index contributed by atoms with van der Waals surface area (Å²) in [6, 6.07) is 6.24. The van der Waals surface area contributed by atoms with E-state index in [0.29, 0.717) is 18.8 Å². The Morgan fingerprint density at radius 2 is 1.96 bits per heavy atom. The highest BCUT2D eigenvalue weighted by Gasteiger charge is 2.32. The van der Waals surface area contributed by atoms with E-state index >= 15 is 0 Å². The fourth-order valence-electron chi connectivity index (χ4n) is 3.12. The number of rotatable bonds is 5. The Morgan fingerprint density at radius 3 is 2.48 bits per heavy atom. The normalized spacial score (nSPS) is 18.3. The summed E-state index contributed by atoms with van der Waals surface area (Å²) in [6.45, 7) is 2.47. The number of carbonyl (C=O) groups is 1. The number of anilines is 2. The van der Waals surface area contributed by atoms with Crippen LogP contribution in [0.4, 0.5) is 20.3 Å². The lowest BCUT2D eigenvalue weighted by Gasteiger charge is -2.27. The van der Waals surface area contributed by atoms with Crippen molar-refractivity contribution in [2.75, 3.05) is 28.3 Å². The molecule has 1 amide bonds. The van der Waals surface area contributed by atoms with E-state index in [-0.39, 0.29) is 23.1 Å². The van der Waals surface area contributed by atoms with Gasteiger partial charge in [-0.1, -0.05) is 6.07 Å². The second-order valence-corrected chi connectivity index (χ2v) is 8.53. The zero-order valence-electron chi connectivity index (χ0n) is 14.7. The van der Waals surface area contributed by atoms with Gasteiger partial charge in [-0.2, -0.15) is 0 Å². The minimum absolute atomic E-state index is 0.0807. The Labute approximate surface area is 156 Å². The second kappa shape index (κ2) is 7.59. The van der Waals surface area contributed by atoms with Crippen LogP contribution in [-0.4, -0.2) is 43.4 Å². The molecule has 0 radical (unpaired) electrons. The average Bonchev–Trinajstić information content (AvgIpc) is 2.99. The van der Waals surface area contributed by atoms with E-state index in [2.05, 4.69) is 10.3 Å². The molecule has 1 aromatic heterocycles. The SMILES string of the molecule is CCN(c1ccc(C(=O)Nc2c(F)cccc2F)cn1)C1CCS(=O)(=O)C1. The van der Waals surface area contributed by atoms with E-state index in [4.69, 9.17) is 0 Å². The molecule has 1 fully saturated rings. The predicted molar refractivity (Wildman–Crippen MR) is 98.6 cm³/mol. The number of nitrogens with zero attached hydrogens (tertiary/aromatic N) is 2. The van der Waals surface area contributed by atoms with Gasteiger partial charge in [-0.3, -0.25) is 4.79 Å². The van der Waals surface area contributed by atoms with Crippen molar-refractivity contribution >= 4 is 27.2 Å². The van der Waals surface area contributed by atoms with Crippen LogP contribution in [0.5, 0.6) is 0 Å². The largest absolute Gasteiger partial charge is 0.353 e. The number of sulfone groups is 1. The summed E-state index contributed by atoms with van der Waals surface area (Å²) < 4.78 is 50.7. The quantitative estimate of drug-likeness (QED) is 0.842. The second-order valence-electron chi connectivity index (χ2n) is 6.30. The number of carbonyl (C=O) groups excluding carboxylic acids is 1. The Hall–Kier alpha value is -2.55. The molecule has 1 saturated heterocycles. The van der Waals surface area contributed by atoms with E-state index in [0.717, 1.165) is 12.1 Å². The van der Waals surface area contributed by atoms with Crippen LogP contribution in [0.25, 0.3) is 0 Å². The number of pyridine rings is 1. The third-order valence-electron chi connectivity index (χ3n) is 4.50. The molecule has 1 aliphatic rings. The molecule has 6 nitrogen and oxygen atoms in total.